The molecule has 1 aliphatic rings. The van der Waals surface area contributed by atoms with E-state index in [4.69, 9.17) is 28.4 Å². The van der Waals surface area contributed by atoms with E-state index in [1.165, 1.54) is 26.4 Å². The number of carbonyl (C=O) groups excluding carboxylic acids is 1. The highest BCUT2D eigenvalue weighted by atomic mass is 16.7. The maximum Gasteiger partial charge on any atom is 0.342 e. The summed E-state index contributed by atoms with van der Waals surface area (Å²) in [5.74, 6) is -4.30. The van der Waals surface area contributed by atoms with Crippen molar-refractivity contribution in [1.82, 2.24) is 0 Å². The average Bonchev–Trinajstić information content (AvgIpc) is 3.06. The highest BCUT2D eigenvalue weighted by Crippen LogP contribution is 2.46. The Morgan fingerprint density at radius 2 is 1.55 bits per heavy atom. The molecule has 0 aliphatic carbocycles. The first-order chi connectivity index (χ1) is 22.5. The minimum Gasteiger partial charge on any atom is -0.504 e. The number of carboxylic acid groups (broad SMARTS) is 1. The van der Waals surface area contributed by atoms with Crippen LogP contribution in [-0.4, -0.2) is 107 Å². The number of esters is 1. The summed E-state index contributed by atoms with van der Waals surface area (Å²) < 4.78 is 32.7. The number of aromatic hydroxyl groups is 2. The first-order valence-electron chi connectivity index (χ1n) is 14.5. The van der Waals surface area contributed by atoms with E-state index in [9.17, 15) is 40.2 Å². The van der Waals surface area contributed by atoms with Crippen molar-refractivity contribution in [3.05, 3.63) is 65.2 Å². The number of hydrogen-bond donors (Lipinski definition) is 7. The van der Waals surface area contributed by atoms with Gasteiger partial charge in [-0.3, -0.25) is 0 Å². The molecule has 7 N–H and O–H groups in total. The number of ether oxygens (including phenoxy) is 6. The number of carbonyl (C=O) groups is 2. The van der Waals surface area contributed by atoms with Gasteiger partial charge in [0.25, 0.3) is 0 Å². The van der Waals surface area contributed by atoms with Gasteiger partial charge in [-0.15, -0.1) is 0 Å². The van der Waals surface area contributed by atoms with Crippen LogP contribution in [0.5, 0.6) is 34.5 Å². The predicted molar refractivity (Wildman–Crippen MR) is 164 cm³/mol. The van der Waals surface area contributed by atoms with Crippen LogP contribution in [0.25, 0.3) is 0 Å². The third-order valence-corrected chi connectivity index (χ3v) is 7.31. The Morgan fingerprint density at radius 1 is 0.872 bits per heavy atom. The zero-order valence-electron chi connectivity index (χ0n) is 25.8. The molecule has 47 heavy (non-hydrogen) atoms. The normalized spacial score (nSPS) is 20.6. The van der Waals surface area contributed by atoms with Crippen LogP contribution >= 0.6 is 0 Å². The summed E-state index contributed by atoms with van der Waals surface area (Å²) in [5.41, 5.74) is 0.565. The molecular weight excluding hydrogens is 622 g/mol. The molecule has 0 spiro atoms. The minimum atomic E-state index is -1.82. The van der Waals surface area contributed by atoms with Crippen molar-refractivity contribution in [2.24, 2.45) is 0 Å². The van der Waals surface area contributed by atoms with Gasteiger partial charge in [-0.1, -0.05) is 30.3 Å². The van der Waals surface area contributed by atoms with E-state index in [0.717, 1.165) is 11.6 Å². The zero-order valence-corrected chi connectivity index (χ0v) is 25.8. The van der Waals surface area contributed by atoms with Crippen LogP contribution in [0.1, 0.15) is 33.2 Å². The Morgan fingerprint density at radius 3 is 2.19 bits per heavy atom. The number of hydrogen-bond acceptors (Lipinski definition) is 14. The lowest BCUT2D eigenvalue weighted by atomic mass is 9.99. The molecule has 0 bridgehead atoms. The van der Waals surface area contributed by atoms with Gasteiger partial charge in [0, 0.05) is 31.2 Å². The molecule has 1 fully saturated rings. The monoisotopic (exact) mass is 659 g/mol. The van der Waals surface area contributed by atoms with Gasteiger partial charge in [0.2, 0.25) is 17.8 Å². The molecule has 0 aromatic heterocycles. The number of nitrogens with one attached hydrogen (secondary N) is 1. The molecule has 0 radical (unpaired) electrons. The van der Waals surface area contributed by atoms with Crippen molar-refractivity contribution in [2.45, 2.75) is 44.1 Å². The van der Waals surface area contributed by atoms with Gasteiger partial charge in [-0.05, 0) is 12.5 Å². The van der Waals surface area contributed by atoms with Crippen LogP contribution < -0.4 is 24.3 Å². The molecule has 3 aromatic rings. The van der Waals surface area contributed by atoms with E-state index in [1.807, 2.05) is 30.3 Å². The van der Waals surface area contributed by atoms with Gasteiger partial charge in [0.15, 0.2) is 23.0 Å². The van der Waals surface area contributed by atoms with Crippen molar-refractivity contribution in [3.63, 3.8) is 0 Å². The molecule has 1 aliphatic heterocycles. The van der Waals surface area contributed by atoms with Crippen LogP contribution in [0, 0.1) is 0 Å². The number of aliphatic hydroxyl groups is 3. The Kier molecular flexibility index (Phi) is 11.6. The summed E-state index contributed by atoms with van der Waals surface area (Å²) in [7, 11) is 2.51. The highest BCUT2D eigenvalue weighted by molar-refractivity contribution is 5.96. The van der Waals surface area contributed by atoms with Crippen LogP contribution in [0.3, 0.4) is 0 Å². The number of phenolic OH excluding ortho intramolecular Hbond substituents is 2. The van der Waals surface area contributed by atoms with E-state index < -0.39 is 72.1 Å². The van der Waals surface area contributed by atoms with Gasteiger partial charge in [-0.2, -0.15) is 0 Å². The van der Waals surface area contributed by atoms with Crippen LogP contribution in [0.4, 0.5) is 5.69 Å². The van der Waals surface area contributed by atoms with Crippen molar-refractivity contribution in [3.8, 4) is 34.5 Å². The quantitative estimate of drug-likeness (QED) is 0.123. The molecule has 5 atom stereocenters. The second kappa shape index (κ2) is 15.6. The van der Waals surface area contributed by atoms with Gasteiger partial charge >= 0.3 is 11.9 Å². The summed E-state index contributed by atoms with van der Waals surface area (Å²) in [5, 5.41) is 65.6. The fourth-order valence-corrected chi connectivity index (χ4v) is 4.82. The number of carboxylic acids is 1. The highest BCUT2D eigenvalue weighted by Gasteiger charge is 2.46. The summed E-state index contributed by atoms with van der Waals surface area (Å²) in [6.45, 7) is 1.48. The van der Waals surface area contributed by atoms with E-state index in [-0.39, 0.29) is 35.1 Å². The lowest BCUT2D eigenvalue weighted by molar-refractivity contribution is -0.277. The molecule has 0 amide bonds. The maximum absolute atomic E-state index is 13.1. The summed E-state index contributed by atoms with van der Waals surface area (Å²) in [4.78, 5) is 24.8. The molecule has 3 aromatic carbocycles. The first-order valence-corrected chi connectivity index (χ1v) is 14.5. The Labute approximate surface area is 269 Å². The van der Waals surface area contributed by atoms with Crippen LogP contribution in [0.15, 0.2) is 48.5 Å². The summed E-state index contributed by atoms with van der Waals surface area (Å²) in [6, 6.07) is 12.8. The molecule has 15 nitrogen and oxygen atoms in total. The Bertz CT molecular complexity index is 1550. The van der Waals surface area contributed by atoms with Crippen molar-refractivity contribution >= 4 is 17.6 Å². The molecule has 254 valence electrons. The number of aromatic carboxylic acids is 1. The van der Waals surface area contributed by atoms with Crippen LogP contribution in [-0.2, 0) is 15.9 Å². The zero-order chi connectivity index (χ0) is 34.2. The summed E-state index contributed by atoms with van der Waals surface area (Å²) in [6.07, 6.45) is -8.00. The molecule has 0 saturated carbocycles. The largest absolute Gasteiger partial charge is 0.504 e. The average molecular weight is 660 g/mol. The number of benzene rings is 3. The van der Waals surface area contributed by atoms with Crippen molar-refractivity contribution in [1.29, 1.82) is 0 Å². The number of phenols is 2. The molecular formula is C32H37NO14. The second-order valence-electron chi connectivity index (χ2n) is 10.4. The van der Waals surface area contributed by atoms with E-state index in [2.05, 4.69) is 5.32 Å². The van der Waals surface area contributed by atoms with Gasteiger partial charge in [-0.25, -0.2) is 9.59 Å². The van der Waals surface area contributed by atoms with E-state index in [1.54, 1.807) is 6.92 Å². The topological polar surface area (TPSA) is 223 Å². The summed E-state index contributed by atoms with van der Waals surface area (Å²) >= 11 is 0. The third kappa shape index (κ3) is 7.89. The number of methoxy groups -OCH3 is 2. The molecule has 1 saturated heterocycles. The standard InChI is InChI=1S/C32H37NO14/c1-4-33-19-14-21(20(42-2)12-17(19)30(39)40)46-32-28(38)27(37)25(35)23(47-32)15-45-31(41)18-13-22(43-3)26(36)29(24(18)34)44-11-10-16-8-6-5-7-9-16/h5-9,12-14,23,25,27-28,32-38H,4,10-11,15H2,1-3H3,(H,39,40)/t23-,25-,27+,28-,32-/m1/s1. The van der Waals surface area contributed by atoms with Gasteiger partial charge in [0.1, 0.15) is 36.6 Å². The SMILES string of the molecule is CCNc1cc(O[C@@H]2O[C@H](COC(=O)c3cc(OC)c(O)c(OCCc4ccccc4)c3O)[C@@H](O)[C@H](O)[C@H]2O)c(OC)cc1C(=O)O. The molecule has 15 heteroatoms. The fourth-order valence-electron chi connectivity index (χ4n) is 4.82. The van der Waals surface area contributed by atoms with Crippen LogP contribution in [0.2, 0.25) is 0 Å². The molecule has 4 rings (SSSR count). The minimum absolute atomic E-state index is 0.0259. The van der Waals surface area contributed by atoms with Crippen molar-refractivity contribution < 1.29 is 68.6 Å². The molecule has 1 heterocycles. The Balaban J connectivity index is 1.50. The lowest BCUT2D eigenvalue weighted by Crippen LogP contribution is -2.60. The smallest absolute Gasteiger partial charge is 0.342 e. The Hall–Kier alpha value is -4.96. The van der Waals surface area contributed by atoms with E-state index in [0.29, 0.717) is 13.0 Å². The lowest BCUT2D eigenvalue weighted by Gasteiger charge is -2.40. The fraction of sp³-hybridized carbons (Fsp3) is 0.375. The van der Waals surface area contributed by atoms with Gasteiger partial charge < -0.3 is 64.4 Å². The molecule has 0 unspecified atom stereocenters. The first kappa shape index (κ1) is 34.9. The number of rotatable bonds is 14. The third-order valence-electron chi connectivity index (χ3n) is 7.31. The number of anilines is 1. The van der Waals surface area contributed by atoms with Crippen molar-refractivity contribution in [2.75, 3.05) is 39.3 Å². The van der Waals surface area contributed by atoms with Gasteiger partial charge in [0.05, 0.1) is 32.1 Å². The van der Waals surface area contributed by atoms with E-state index >= 15 is 0 Å². The number of aliphatic hydroxyl groups excluding tert-OH is 3. The maximum atomic E-state index is 13.1. The predicted octanol–water partition coefficient (Wildman–Crippen LogP) is 1.91. The second-order valence-corrected chi connectivity index (χ2v) is 10.4.